The summed E-state index contributed by atoms with van der Waals surface area (Å²) in [6.45, 7) is 2.53. The molecule has 2 aromatic rings. The van der Waals surface area contributed by atoms with Crippen LogP contribution < -0.4 is 4.90 Å². The molecule has 2 heterocycles. The van der Waals surface area contributed by atoms with Gasteiger partial charge in [0.25, 0.3) is 11.8 Å². The van der Waals surface area contributed by atoms with E-state index in [1.807, 2.05) is 16.2 Å². The smallest absolute Gasteiger partial charge is 0.272 e. The lowest BCUT2D eigenvalue weighted by Gasteiger charge is -2.32. The van der Waals surface area contributed by atoms with Crippen LogP contribution in [0.3, 0.4) is 0 Å². The largest absolute Gasteiger partial charge is 0.343 e. The molecule has 8 nitrogen and oxygen atoms in total. The zero-order valence-corrected chi connectivity index (χ0v) is 21.9. The van der Waals surface area contributed by atoms with Crippen molar-refractivity contribution in [3.8, 4) is 35.9 Å². The van der Waals surface area contributed by atoms with Gasteiger partial charge in [-0.1, -0.05) is 15.2 Å². The summed E-state index contributed by atoms with van der Waals surface area (Å²) in [5.41, 5.74) is 2.11. The lowest BCUT2D eigenvalue weighted by atomic mass is 9.98. The number of anilines is 1. The van der Waals surface area contributed by atoms with E-state index in [1.54, 1.807) is 36.0 Å². The van der Waals surface area contributed by atoms with Crippen LogP contribution in [0.4, 0.5) is 10.1 Å². The second kappa shape index (κ2) is 10.6. The number of rotatable bonds is 7. The summed E-state index contributed by atoms with van der Waals surface area (Å²) in [6, 6.07) is 6.39. The molecule has 1 aliphatic rings. The van der Waals surface area contributed by atoms with Gasteiger partial charge in [-0.2, -0.15) is 5.10 Å². The van der Waals surface area contributed by atoms with E-state index in [9.17, 15) is 18.8 Å². The standard InChI is InChI=1S/C25H28BFN5O3P/c1-6-8-11-29(4)22(33)15-31-14-16(3)32-21(23(31)34)13-19(28-32)18-10-9-17(7-2)12-20(18)30(5)24(35)25(26,27)36/h1-2,9-10,12-13,16H,8,11,14-15,26,36H2,3-5H3. The first-order chi connectivity index (χ1) is 16.9. The second-order valence-corrected chi connectivity index (χ2v) is 10.1. The van der Waals surface area contributed by atoms with Crippen molar-refractivity contribution >= 4 is 40.5 Å². The number of terminal acetylenes is 2. The molecule has 1 aromatic heterocycles. The number of nitrogens with zero attached hydrogens (tertiary/aromatic N) is 5. The summed E-state index contributed by atoms with van der Waals surface area (Å²) in [5, 5.41) is 2.44. The van der Waals surface area contributed by atoms with Gasteiger partial charge in [0, 0.05) is 44.7 Å². The van der Waals surface area contributed by atoms with E-state index < -0.39 is 11.2 Å². The average Bonchev–Trinajstić information content (AvgIpc) is 3.30. The molecular weight excluding hydrogens is 479 g/mol. The molecule has 0 radical (unpaired) electrons. The lowest BCUT2D eigenvalue weighted by Crippen LogP contribution is -2.47. The highest BCUT2D eigenvalue weighted by molar-refractivity contribution is 7.24. The molecular formula is C25H28BFN5O3P. The molecule has 3 unspecified atom stereocenters. The van der Waals surface area contributed by atoms with Gasteiger partial charge in [-0.3, -0.25) is 19.1 Å². The molecule has 3 rings (SSSR count). The number of fused-ring (bicyclic) bond motifs is 1. The highest BCUT2D eigenvalue weighted by Gasteiger charge is 2.35. The number of hydrogen-bond donors (Lipinski definition) is 0. The Morgan fingerprint density at radius 1 is 1.33 bits per heavy atom. The Hall–Kier alpha value is -3.62. The Labute approximate surface area is 213 Å². The van der Waals surface area contributed by atoms with Gasteiger partial charge in [-0.15, -0.1) is 18.8 Å². The van der Waals surface area contributed by atoms with Crippen molar-refractivity contribution in [2.24, 2.45) is 0 Å². The molecule has 0 N–H and O–H groups in total. The minimum absolute atomic E-state index is 0.0760. The van der Waals surface area contributed by atoms with Crippen LogP contribution in [0, 0.1) is 24.7 Å². The number of aromatic nitrogens is 2. The van der Waals surface area contributed by atoms with Gasteiger partial charge >= 0.3 is 0 Å². The third-order valence-corrected chi connectivity index (χ3v) is 6.26. The first-order valence-corrected chi connectivity index (χ1v) is 11.9. The van der Waals surface area contributed by atoms with E-state index >= 15 is 0 Å². The van der Waals surface area contributed by atoms with E-state index in [0.29, 0.717) is 47.7 Å². The van der Waals surface area contributed by atoms with Gasteiger partial charge in [0.15, 0.2) is 13.2 Å². The van der Waals surface area contributed by atoms with Crippen LogP contribution in [0.25, 0.3) is 11.3 Å². The molecule has 11 heteroatoms. The average molecular weight is 507 g/mol. The van der Waals surface area contributed by atoms with Crippen molar-refractivity contribution in [3.63, 3.8) is 0 Å². The fourth-order valence-corrected chi connectivity index (χ4v) is 4.19. The molecule has 0 aliphatic carbocycles. The number of benzene rings is 1. The highest BCUT2D eigenvalue weighted by Crippen LogP contribution is 2.35. The number of carbonyl (C=O) groups is 3. The fraction of sp³-hybridized carbons (Fsp3) is 0.360. The predicted octanol–water partition coefficient (Wildman–Crippen LogP) is 1.12. The maximum atomic E-state index is 14.4. The van der Waals surface area contributed by atoms with Gasteiger partial charge < -0.3 is 14.7 Å². The molecule has 0 fully saturated rings. The van der Waals surface area contributed by atoms with Crippen molar-refractivity contribution in [3.05, 3.63) is 35.5 Å². The van der Waals surface area contributed by atoms with E-state index in [-0.39, 0.29) is 24.4 Å². The number of halogens is 1. The zero-order valence-electron chi connectivity index (χ0n) is 20.8. The quantitative estimate of drug-likeness (QED) is 0.320. The molecule has 0 spiro atoms. The summed E-state index contributed by atoms with van der Waals surface area (Å²) in [5.74, 6) is 3.69. The third-order valence-electron chi connectivity index (χ3n) is 6.01. The first kappa shape index (κ1) is 27.0. The maximum Gasteiger partial charge on any atom is 0.272 e. The Morgan fingerprint density at radius 2 is 2.03 bits per heavy atom. The van der Waals surface area contributed by atoms with Crippen molar-refractivity contribution < 1.29 is 18.8 Å². The van der Waals surface area contributed by atoms with Crippen molar-refractivity contribution in [1.82, 2.24) is 19.6 Å². The van der Waals surface area contributed by atoms with E-state index in [0.717, 1.165) is 7.85 Å². The number of alkyl halides is 1. The van der Waals surface area contributed by atoms with Crippen molar-refractivity contribution in [2.45, 2.75) is 24.7 Å². The Kier molecular flexibility index (Phi) is 7.91. The minimum Gasteiger partial charge on any atom is -0.343 e. The van der Waals surface area contributed by atoms with Gasteiger partial charge in [0.05, 0.1) is 17.4 Å². The summed E-state index contributed by atoms with van der Waals surface area (Å²) < 4.78 is 16.0. The monoisotopic (exact) mass is 507 g/mol. The van der Waals surface area contributed by atoms with E-state index in [2.05, 4.69) is 16.9 Å². The van der Waals surface area contributed by atoms with Crippen LogP contribution in [0.2, 0.25) is 0 Å². The number of amides is 3. The third kappa shape index (κ3) is 5.45. The van der Waals surface area contributed by atoms with Crippen LogP contribution in [0.1, 0.15) is 35.4 Å². The fourth-order valence-electron chi connectivity index (χ4n) is 3.99. The van der Waals surface area contributed by atoms with Gasteiger partial charge in [0.2, 0.25) is 5.91 Å². The lowest BCUT2D eigenvalue weighted by molar-refractivity contribution is -0.130. The van der Waals surface area contributed by atoms with Gasteiger partial charge in [-0.25, -0.2) is 4.39 Å². The van der Waals surface area contributed by atoms with Crippen LogP contribution in [0.5, 0.6) is 0 Å². The highest BCUT2D eigenvalue weighted by atomic mass is 31.0. The number of hydrogen-bond acceptors (Lipinski definition) is 4. The van der Waals surface area contributed by atoms with E-state index in [4.69, 9.17) is 12.8 Å². The topological polar surface area (TPSA) is 78.8 Å². The summed E-state index contributed by atoms with van der Waals surface area (Å²) in [4.78, 5) is 42.7. The van der Waals surface area contributed by atoms with Crippen LogP contribution in [-0.4, -0.2) is 84.2 Å². The molecule has 1 aliphatic heterocycles. The van der Waals surface area contributed by atoms with Crippen LogP contribution in [-0.2, 0) is 9.59 Å². The summed E-state index contributed by atoms with van der Waals surface area (Å²) >= 11 is 0. The molecule has 3 amide bonds. The molecule has 0 saturated heterocycles. The minimum atomic E-state index is -2.18. The summed E-state index contributed by atoms with van der Waals surface area (Å²) in [6.07, 6.45) is 11.3. The molecule has 1 aromatic carbocycles. The molecule has 186 valence electrons. The Balaban J connectivity index is 1.97. The van der Waals surface area contributed by atoms with Crippen molar-refractivity contribution in [1.29, 1.82) is 0 Å². The van der Waals surface area contributed by atoms with E-state index in [1.165, 1.54) is 21.7 Å². The van der Waals surface area contributed by atoms with Crippen molar-refractivity contribution in [2.75, 3.05) is 38.6 Å². The maximum absolute atomic E-state index is 14.4. The first-order valence-electron chi connectivity index (χ1n) is 11.3. The molecule has 0 bridgehead atoms. The van der Waals surface area contributed by atoms with Crippen LogP contribution in [0.15, 0.2) is 24.3 Å². The van der Waals surface area contributed by atoms with Crippen LogP contribution >= 0.6 is 9.24 Å². The normalized spacial score (nSPS) is 16.4. The van der Waals surface area contributed by atoms with Gasteiger partial charge in [-0.05, 0) is 31.2 Å². The SMILES string of the molecule is BC(F)(P)C(=O)N(C)c1cc(C#C)ccc1-c1cc2n(n1)C(C)CN(CC(=O)N(C)CCC#C)C2=O. The second-order valence-electron chi connectivity index (χ2n) is 8.98. The number of carbonyl (C=O) groups excluding carboxylic acids is 3. The zero-order chi connectivity index (χ0) is 26.8. The molecule has 3 atom stereocenters. The summed E-state index contributed by atoms with van der Waals surface area (Å²) in [7, 11) is 6.14. The Morgan fingerprint density at radius 3 is 2.64 bits per heavy atom. The predicted molar refractivity (Wildman–Crippen MR) is 143 cm³/mol. The number of likely N-dealkylation sites (N-methyl/N-ethyl adjacent to an activating group) is 1. The molecule has 0 saturated carbocycles. The Bertz CT molecular complexity index is 1290. The molecule has 36 heavy (non-hydrogen) atoms. The van der Waals surface area contributed by atoms with Gasteiger partial charge in [0.1, 0.15) is 12.2 Å².